The molecule has 5 heteroatoms. The Morgan fingerprint density at radius 3 is 2.56 bits per heavy atom. The van der Waals surface area contributed by atoms with Crippen LogP contribution in [0, 0.1) is 6.92 Å². The molecule has 0 aliphatic carbocycles. The molecule has 2 rings (SSSR count). The van der Waals surface area contributed by atoms with Gasteiger partial charge in [0.15, 0.2) is 0 Å². The fourth-order valence-corrected chi connectivity index (χ4v) is 1.98. The molecular weight excluding hydrogens is 251 g/mol. The Kier molecular flexibility index (Phi) is 2.82. The maximum atomic E-state index is 11.4. The van der Waals surface area contributed by atoms with Gasteiger partial charge < -0.3 is 9.84 Å². The molecule has 1 aromatic carbocycles. The fourth-order valence-electron chi connectivity index (χ4n) is 1.50. The van der Waals surface area contributed by atoms with Crippen molar-refractivity contribution in [2.75, 3.05) is 6.61 Å². The Labute approximate surface area is 102 Å². The molecule has 0 saturated heterocycles. The minimum atomic E-state index is -0.584. The maximum Gasteiger partial charge on any atom is 0.342 e. The zero-order valence-electron chi connectivity index (χ0n) is 8.38. The first-order valence-corrected chi connectivity index (χ1v) is 5.31. The second-order valence-electron chi connectivity index (χ2n) is 3.48. The molecule has 0 spiro atoms. The number of aliphatic hydroxyl groups is 1. The van der Waals surface area contributed by atoms with Gasteiger partial charge in [0.1, 0.15) is 17.9 Å². The highest BCUT2D eigenvalue weighted by Gasteiger charge is 2.28. The van der Waals surface area contributed by atoms with Crippen LogP contribution in [-0.4, -0.2) is 17.7 Å². The van der Waals surface area contributed by atoms with Crippen LogP contribution < -0.4 is 0 Å². The van der Waals surface area contributed by atoms with E-state index in [-0.39, 0.29) is 17.9 Å². The van der Waals surface area contributed by atoms with Crippen LogP contribution in [0.15, 0.2) is 17.9 Å². The van der Waals surface area contributed by atoms with E-state index in [4.69, 9.17) is 27.9 Å². The maximum absolute atomic E-state index is 11.4. The predicted molar refractivity (Wildman–Crippen MR) is 61.7 cm³/mol. The highest BCUT2D eigenvalue weighted by atomic mass is 35.5. The number of esters is 1. The molecule has 3 nitrogen and oxygen atoms in total. The van der Waals surface area contributed by atoms with Gasteiger partial charge in [-0.3, -0.25) is 0 Å². The summed E-state index contributed by atoms with van der Waals surface area (Å²) in [5.41, 5.74) is 1.30. The Hall–Kier alpha value is -1.19. The molecule has 16 heavy (non-hydrogen) atoms. The highest BCUT2D eigenvalue weighted by molar-refractivity contribution is 6.37. The first kappa shape index (κ1) is 11.3. The van der Waals surface area contributed by atoms with E-state index in [9.17, 15) is 9.90 Å². The van der Waals surface area contributed by atoms with Crippen molar-refractivity contribution in [3.63, 3.8) is 0 Å². The molecule has 0 bridgehead atoms. The summed E-state index contributed by atoms with van der Waals surface area (Å²) in [6, 6.07) is 3.20. The molecule has 0 unspecified atom stereocenters. The number of carbonyl (C=O) groups is 1. The lowest BCUT2D eigenvalue weighted by Gasteiger charge is -2.06. The molecule has 84 valence electrons. The second kappa shape index (κ2) is 4.00. The number of benzene rings is 1. The molecule has 1 heterocycles. The average molecular weight is 259 g/mol. The van der Waals surface area contributed by atoms with Gasteiger partial charge in [0.2, 0.25) is 0 Å². The summed E-state index contributed by atoms with van der Waals surface area (Å²) < 4.78 is 4.69. The van der Waals surface area contributed by atoms with Gasteiger partial charge in [-0.05, 0) is 24.6 Å². The normalized spacial score (nSPS) is 15.6. The second-order valence-corrected chi connectivity index (χ2v) is 4.29. The minimum Gasteiger partial charge on any atom is -0.508 e. The van der Waals surface area contributed by atoms with E-state index in [1.807, 2.05) is 0 Å². The van der Waals surface area contributed by atoms with Crippen LogP contribution in [0.2, 0.25) is 10.0 Å². The van der Waals surface area contributed by atoms with Crippen molar-refractivity contribution in [3.05, 3.63) is 39.1 Å². The van der Waals surface area contributed by atoms with E-state index < -0.39 is 5.97 Å². The first-order chi connectivity index (χ1) is 7.50. The lowest BCUT2D eigenvalue weighted by atomic mass is 10.0. The number of rotatable bonds is 1. The van der Waals surface area contributed by atoms with Gasteiger partial charge in [-0.1, -0.05) is 23.2 Å². The van der Waals surface area contributed by atoms with Crippen LogP contribution in [0.3, 0.4) is 0 Å². The SMILES string of the molecule is Cc1cc(Cl)c(C2=C(O)COC2=O)cc1Cl. The number of hydrogen-bond acceptors (Lipinski definition) is 3. The average Bonchev–Trinajstić information content (AvgIpc) is 2.53. The number of carbonyl (C=O) groups excluding carboxylic acids is 1. The lowest BCUT2D eigenvalue weighted by Crippen LogP contribution is -1.99. The van der Waals surface area contributed by atoms with Crippen molar-refractivity contribution in [1.82, 2.24) is 0 Å². The summed E-state index contributed by atoms with van der Waals surface area (Å²) in [4.78, 5) is 11.4. The van der Waals surface area contributed by atoms with Gasteiger partial charge in [-0.15, -0.1) is 0 Å². The van der Waals surface area contributed by atoms with Gasteiger partial charge in [-0.2, -0.15) is 0 Å². The first-order valence-electron chi connectivity index (χ1n) is 4.56. The third kappa shape index (κ3) is 1.77. The van der Waals surface area contributed by atoms with Gasteiger partial charge in [0.25, 0.3) is 0 Å². The summed E-state index contributed by atoms with van der Waals surface area (Å²) in [7, 11) is 0. The minimum absolute atomic E-state index is 0.0897. The van der Waals surface area contributed by atoms with Gasteiger partial charge in [0, 0.05) is 15.6 Å². The van der Waals surface area contributed by atoms with Crippen LogP contribution in [0.25, 0.3) is 5.57 Å². The molecule has 1 aliphatic heterocycles. The quantitative estimate of drug-likeness (QED) is 0.788. The number of ether oxygens (including phenoxy) is 1. The predicted octanol–water partition coefficient (Wildman–Crippen LogP) is 3.13. The summed E-state index contributed by atoms with van der Waals surface area (Å²) in [6.07, 6.45) is 0. The zero-order chi connectivity index (χ0) is 11.9. The van der Waals surface area contributed by atoms with E-state index in [1.165, 1.54) is 0 Å². The number of cyclic esters (lactones) is 1. The molecule has 1 aromatic rings. The number of hydrogen-bond donors (Lipinski definition) is 1. The smallest absolute Gasteiger partial charge is 0.342 e. The molecular formula is C11H8Cl2O3. The lowest BCUT2D eigenvalue weighted by molar-refractivity contribution is -0.134. The Morgan fingerprint density at radius 1 is 1.31 bits per heavy atom. The van der Waals surface area contributed by atoms with E-state index >= 15 is 0 Å². The van der Waals surface area contributed by atoms with Crippen molar-refractivity contribution in [3.8, 4) is 0 Å². The van der Waals surface area contributed by atoms with Gasteiger partial charge in [-0.25, -0.2) is 4.79 Å². The van der Waals surface area contributed by atoms with Gasteiger partial charge in [0.05, 0.1) is 0 Å². The van der Waals surface area contributed by atoms with Crippen LogP contribution in [0.1, 0.15) is 11.1 Å². The van der Waals surface area contributed by atoms with E-state index in [1.54, 1.807) is 19.1 Å². The zero-order valence-corrected chi connectivity index (χ0v) is 9.89. The summed E-state index contributed by atoms with van der Waals surface area (Å²) in [6.45, 7) is 1.69. The van der Waals surface area contributed by atoms with E-state index in [2.05, 4.69) is 0 Å². The topological polar surface area (TPSA) is 46.5 Å². The van der Waals surface area contributed by atoms with Crippen LogP contribution in [0.5, 0.6) is 0 Å². The largest absolute Gasteiger partial charge is 0.508 e. The molecule has 1 N–H and O–H groups in total. The van der Waals surface area contributed by atoms with Crippen molar-refractivity contribution < 1.29 is 14.6 Å². The number of halogens is 2. The summed E-state index contributed by atoms with van der Waals surface area (Å²) in [5.74, 6) is -0.703. The Bertz CT molecular complexity index is 506. The summed E-state index contributed by atoms with van der Waals surface area (Å²) >= 11 is 11.9. The number of aryl methyl sites for hydroxylation is 1. The molecule has 0 amide bonds. The number of aliphatic hydroxyl groups excluding tert-OH is 1. The molecule has 0 fully saturated rings. The fraction of sp³-hybridized carbons (Fsp3) is 0.182. The molecule has 0 saturated carbocycles. The van der Waals surface area contributed by atoms with Crippen molar-refractivity contribution in [2.24, 2.45) is 0 Å². The van der Waals surface area contributed by atoms with E-state index in [0.717, 1.165) is 5.56 Å². The van der Waals surface area contributed by atoms with Crippen LogP contribution in [-0.2, 0) is 9.53 Å². The standard InChI is InChI=1S/C11H8Cl2O3/c1-5-2-8(13)6(3-7(5)12)10-9(14)4-16-11(10)15/h2-3,14H,4H2,1H3. The molecule has 1 aliphatic rings. The van der Waals surface area contributed by atoms with Crippen molar-refractivity contribution >= 4 is 34.7 Å². The monoisotopic (exact) mass is 258 g/mol. The third-order valence-electron chi connectivity index (χ3n) is 2.35. The van der Waals surface area contributed by atoms with Crippen LogP contribution >= 0.6 is 23.2 Å². The Balaban J connectivity index is 2.61. The summed E-state index contributed by atoms with van der Waals surface area (Å²) in [5, 5.41) is 10.4. The van der Waals surface area contributed by atoms with Gasteiger partial charge >= 0.3 is 5.97 Å². The van der Waals surface area contributed by atoms with Crippen LogP contribution in [0.4, 0.5) is 0 Å². The molecule has 0 aromatic heterocycles. The highest BCUT2D eigenvalue weighted by Crippen LogP contribution is 2.33. The van der Waals surface area contributed by atoms with E-state index in [0.29, 0.717) is 15.6 Å². The molecule has 0 atom stereocenters. The Morgan fingerprint density at radius 2 is 2.00 bits per heavy atom. The molecule has 0 radical (unpaired) electrons. The van der Waals surface area contributed by atoms with Crippen molar-refractivity contribution in [2.45, 2.75) is 6.92 Å². The third-order valence-corrected chi connectivity index (χ3v) is 3.07. The van der Waals surface area contributed by atoms with Crippen molar-refractivity contribution in [1.29, 1.82) is 0 Å².